The molecular weight excluding hydrogens is 220 g/mol. The van der Waals surface area contributed by atoms with Crippen molar-refractivity contribution in [2.45, 2.75) is 6.92 Å². The van der Waals surface area contributed by atoms with Gasteiger partial charge in [0.25, 0.3) is 0 Å². The Labute approximate surface area is 99.7 Å². The fourth-order valence-electron chi connectivity index (χ4n) is 1.70. The molecule has 0 spiro atoms. The van der Waals surface area contributed by atoms with Crippen LogP contribution in [0.15, 0.2) is 42.5 Å². The van der Waals surface area contributed by atoms with Crippen LogP contribution in [0, 0.1) is 6.92 Å². The van der Waals surface area contributed by atoms with Crippen LogP contribution < -0.4 is 0 Å². The summed E-state index contributed by atoms with van der Waals surface area (Å²) in [4.78, 5) is 10.6. The predicted octanol–water partition coefficient (Wildman–Crippen LogP) is 4.13. The Hall–Kier alpha value is -1.60. The van der Waals surface area contributed by atoms with E-state index in [2.05, 4.69) is 0 Å². The molecule has 0 fully saturated rings. The summed E-state index contributed by atoms with van der Waals surface area (Å²) in [5, 5.41) is 0.610. The van der Waals surface area contributed by atoms with Crippen LogP contribution in [-0.2, 0) is 0 Å². The Morgan fingerprint density at radius 1 is 1.06 bits per heavy atom. The van der Waals surface area contributed by atoms with E-state index in [4.69, 9.17) is 11.6 Å². The maximum Gasteiger partial charge on any atom is 0.150 e. The molecule has 80 valence electrons. The normalized spacial score (nSPS) is 10.1. The van der Waals surface area contributed by atoms with E-state index in [9.17, 15) is 4.79 Å². The number of hydrogen-bond donors (Lipinski definition) is 0. The molecule has 2 heteroatoms. The van der Waals surface area contributed by atoms with Gasteiger partial charge in [-0.2, -0.15) is 0 Å². The number of halogens is 1. The van der Waals surface area contributed by atoms with Crippen molar-refractivity contribution in [2.75, 3.05) is 0 Å². The molecule has 16 heavy (non-hydrogen) atoms. The number of hydrogen-bond acceptors (Lipinski definition) is 1. The van der Waals surface area contributed by atoms with Gasteiger partial charge in [-0.1, -0.05) is 48.0 Å². The van der Waals surface area contributed by atoms with E-state index in [1.807, 2.05) is 37.3 Å². The van der Waals surface area contributed by atoms with Gasteiger partial charge in [-0.25, -0.2) is 0 Å². The number of benzene rings is 2. The molecule has 0 aliphatic carbocycles. The highest BCUT2D eigenvalue weighted by Crippen LogP contribution is 2.30. The summed E-state index contributed by atoms with van der Waals surface area (Å²) in [7, 11) is 0. The Bertz CT molecular complexity index is 532. The Morgan fingerprint density at radius 2 is 1.81 bits per heavy atom. The van der Waals surface area contributed by atoms with E-state index in [0.29, 0.717) is 10.6 Å². The number of carbonyl (C=O) groups excluding carboxylic acids is 1. The van der Waals surface area contributed by atoms with Crippen molar-refractivity contribution in [3.63, 3.8) is 0 Å². The van der Waals surface area contributed by atoms with Gasteiger partial charge in [0.05, 0.1) is 0 Å². The third-order valence-corrected chi connectivity index (χ3v) is 2.88. The van der Waals surface area contributed by atoms with E-state index < -0.39 is 0 Å². The molecule has 0 saturated carbocycles. The molecule has 2 rings (SSSR count). The molecule has 0 N–H and O–H groups in total. The molecule has 0 aliphatic rings. The van der Waals surface area contributed by atoms with Gasteiger partial charge < -0.3 is 0 Å². The van der Waals surface area contributed by atoms with Crippen LogP contribution >= 0.6 is 11.6 Å². The number of aryl methyl sites for hydroxylation is 1. The quantitative estimate of drug-likeness (QED) is 0.709. The lowest BCUT2D eigenvalue weighted by Crippen LogP contribution is -1.86. The van der Waals surface area contributed by atoms with Gasteiger partial charge in [0, 0.05) is 16.1 Å². The molecule has 0 saturated heterocycles. The topological polar surface area (TPSA) is 17.1 Å². The third kappa shape index (κ3) is 2.00. The third-order valence-electron chi connectivity index (χ3n) is 2.56. The average Bonchev–Trinajstić information content (AvgIpc) is 2.30. The standard InChI is InChI=1S/C14H11ClO/c1-10-4-2-3-5-12(10)13-7-6-11(9-16)8-14(13)15/h2-9H,1H3. The summed E-state index contributed by atoms with van der Waals surface area (Å²) in [6, 6.07) is 13.4. The minimum atomic E-state index is 0.599. The van der Waals surface area contributed by atoms with Gasteiger partial charge >= 0.3 is 0 Å². The van der Waals surface area contributed by atoms with E-state index >= 15 is 0 Å². The minimum absolute atomic E-state index is 0.599. The summed E-state index contributed by atoms with van der Waals surface area (Å²) in [6.07, 6.45) is 0.799. The van der Waals surface area contributed by atoms with Crippen LogP contribution in [0.5, 0.6) is 0 Å². The molecule has 0 unspecified atom stereocenters. The predicted molar refractivity (Wildman–Crippen MR) is 67.0 cm³/mol. The molecule has 2 aromatic rings. The molecule has 0 bridgehead atoms. The largest absolute Gasteiger partial charge is 0.298 e. The lowest BCUT2D eigenvalue weighted by atomic mass is 10.00. The molecule has 0 aliphatic heterocycles. The van der Waals surface area contributed by atoms with Gasteiger partial charge in [-0.15, -0.1) is 0 Å². The van der Waals surface area contributed by atoms with Crippen LogP contribution in [0.25, 0.3) is 11.1 Å². The maximum atomic E-state index is 10.6. The first-order valence-electron chi connectivity index (χ1n) is 5.03. The molecule has 0 atom stereocenters. The van der Waals surface area contributed by atoms with Crippen LogP contribution in [-0.4, -0.2) is 6.29 Å². The molecule has 0 radical (unpaired) electrons. The second-order valence-corrected chi connectivity index (χ2v) is 4.08. The SMILES string of the molecule is Cc1ccccc1-c1ccc(C=O)cc1Cl. The number of rotatable bonds is 2. The summed E-state index contributed by atoms with van der Waals surface area (Å²) >= 11 is 6.16. The molecule has 0 aromatic heterocycles. The van der Waals surface area contributed by atoms with Crippen LogP contribution in [0.4, 0.5) is 0 Å². The number of aldehydes is 1. The maximum absolute atomic E-state index is 10.6. The van der Waals surface area contributed by atoms with Gasteiger partial charge in [-0.05, 0) is 24.1 Å². The minimum Gasteiger partial charge on any atom is -0.298 e. The zero-order valence-corrected chi connectivity index (χ0v) is 9.66. The highest BCUT2D eigenvalue weighted by Gasteiger charge is 2.06. The first-order chi connectivity index (χ1) is 7.72. The Kier molecular flexibility index (Phi) is 3.07. The summed E-state index contributed by atoms with van der Waals surface area (Å²) < 4.78 is 0. The fourth-order valence-corrected chi connectivity index (χ4v) is 1.99. The molecule has 2 aromatic carbocycles. The van der Waals surface area contributed by atoms with Crippen molar-refractivity contribution < 1.29 is 4.79 Å². The highest BCUT2D eigenvalue weighted by molar-refractivity contribution is 6.33. The van der Waals surface area contributed by atoms with Gasteiger partial charge in [0.15, 0.2) is 0 Å². The molecule has 1 nitrogen and oxygen atoms in total. The fraction of sp³-hybridized carbons (Fsp3) is 0.0714. The molecule has 0 amide bonds. The van der Waals surface area contributed by atoms with Crippen molar-refractivity contribution in [2.24, 2.45) is 0 Å². The van der Waals surface area contributed by atoms with Crippen LogP contribution in [0.3, 0.4) is 0 Å². The first kappa shape index (κ1) is 10.9. The lowest BCUT2D eigenvalue weighted by molar-refractivity contribution is 0.112. The summed E-state index contributed by atoms with van der Waals surface area (Å²) in [5.74, 6) is 0. The first-order valence-corrected chi connectivity index (χ1v) is 5.41. The summed E-state index contributed by atoms with van der Waals surface area (Å²) in [6.45, 7) is 2.04. The van der Waals surface area contributed by atoms with E-state index in [1.165, 1.54) is 5.56 Å². The monoisotopic (exact) mass is 230 g/mol. The zero-order valence-electron chi connectivity index (χ0n) is 8.91. The van der Waals surface area contributed by atoms with Crippen molar-refractivity contribution in [1.29, 1.82) is 0 Å². The number of carbonyl (C=O) groups is 1. The van der Waals surface area contributed by atoms with Gasteiger partial charge in [-0.3, -0.25) is 4.79 Å². The van der Waals surface area contributed by atoms with Crippen LogP contribution in [0.2, 0.25) is 5.02 Å². The Balaban J connectivity index is 2.57. The van der Waals surface area contributed by atoms with E-state index in [-0.39, 0.29) is 0 Å². The average molecular weight is 231 g/mol. The highest BCUT2D eigenvalue weighted by atomic mass is 35.5. The molecular formula is C14H11ClO. The molecule has 0 heterocycles. The van der Waals surface area contributed by atoms with Crippen molar-refractivity contribution >= 4 is 17.9 Å². The zero-order chi connectivity index (χ0) is 11.5. The van der Waals surface area contributed by atoms with Gasteiger partial charge in [0.2, 0.25) is 0 Å². The van der Waals surface area contributed by atoms with Crippen molar-refractivity contribution in [3.05, 3.63) is 58.6 Å². The Morgan fingerprint density at radius 3 is 2.44 bits per heavy atom. The van der Waals surface area contributed by atoms with Crippen LogP contribution in [0.1, 0.15) is 15.9 Å². The van der Waals surface area contributed by atoms with Crippen molar-refractivity contribution in [3.8, 4) is 11.1 Å². The smallest absolute Gasteiger partial charge is 0.150 e. The second-order valence-electron chi connectivity index (χ2n) is 3.67. The lowest BCUT2D eigenvalue weighted by Gasteiger charge is -2.08. The summed E-state index contributed by atoms with van der Waals surface area (Å²) in [5.41, 5.74) is 3.83. The second kappa shape index (κ2) is 4.50. The van der Waals surface area contributed by atoms with E-state index in [0.717, 1.165) is 17.4 Å². The van der Waals surface area contributed by atoms with E-state index in [1.54, 1.807) is 12.1 Å². The van der Waals surface area contributed by atoms with Gasteiger partial charge in [0.1, 0.15) is 6.29 Å². The van der Waals surface area contributed by atoms with Crippen molar-refractivity contribution in [1.82, 2.24) is 0 Å².